The van der Waals surface area contributed by atoms with Crippen molar-refractivity contribution < 1.29 is 4.79 Å². The van der Waals surface area contributed by atoms with Gasteiger partial charge in [-0.05, 0) is 31.7 Å². The fourth-order valence-electron chi connectivity index (χ4n) is 3.15. The van der Waals surface area contributed by atoms with Crippen molar-refractivity contribution in [2.75, 3.05) is 0 Å². The normalized spacial score (nSPS) is 17.7. The summed E-state index contributed by atoms with van der Waals surface area (Å²) in [5.74, 6) is 1.56. The van der Waals surface area contributed by atoms with Crippen LogP contribution in [0.2, 0.25) is 0 Å². The monoisotopic (exact) mass is 292 g/mol. The molecule has 0 spiro atoms. The van der Waals surface area contributed by atoms with E-state index in [0.717, 1.165) is 12.1 Å². The third-order valence-electron chi connectivity index (χ3n) is 4.20. The van der Waals surface area contributed by atoms with Crippen LogP contribution in [0.1, 0.15) is 45.3 Å². The van der Waals surface area contributed by atoms with Crippen molar-refractivity contribution in [2.45, 2.75) is 32.6 Å². The van der Waals surface area contributed by atoms with Crippen LogP contribution >= 0.6 is 0 Å². The Morgan fingerprint density at radius 1 is 1.18 bits per heavy atom. The lowest BCUT2D eigenvalue weighted by Crippen LogP contribution is -2.21. The predicted octanol–water partition coefficient (Wildman–Crippen LogP) is 2.65. The number of Topliss-reactive ketones (excluding diaryl/α,β-unsaturated/α-hetero) is 1. The Balaban J connectivity index is 1.79. The summed E-state index contributed by atoms with van der Waals surface area (Å²) in [4.78, 5) is 21.3. The first-order valence-corrected chi connectivity index (χ1v) is 7.43. The first-order valence-electron chi connectivity index (χ1n) is 7.43. The number of carbonyl (C=O) groups excluding carboxylic acids is 1. The first-order chi connectivity index (χ1) is 10.6. The molecule has 0 N–H and O–H groups in total. The summed E-state index contributed by atoms with van der Waals surface area (Å²) in [6.07, 6.45) is 3.07. The lowest BCUT2D eigenvalue weighted by atomic mass is 9.82. The van der Waals surface area contributed by atoms with Crippen LogP contribution in [-0.2, 0) is 6.42 Å². The minimum atomic E-state index is 0.135. The van der Waals surface area contributed by atoms with Gasteiger partial charge >= 0.3 is 0 Å². The van der Waals surface area contributed by atoms with Gasteiger partial charge in [-0.1, -0.05) is 29.8 Å². The number of benzene rings is 1. The number of fused-ring (bicyclic) bond motifs is 2. The molecule has 0 aliphatic heterocycles. The van der Waals surface area contributed by atoms with Crippen molar-refractivity contribution in [1.82, 2.24) is 19.6 Å². The lowest BCUT2D eigenvalue weighted by Gasteiger charge is -2.23. The van der Waals surface area contributed by atoms with E-state index >= 15 is 0 Å². The highest BCUT2D eigenvalue weighted by Gasteiger charge is 2.28. The Morgan fingerprint density at radius 3 is 2.86 bits per heavy atom. The van der Waals surface area contributed by atoms with E-state index in [0.29, 0.717) is 23.6 Å². The molecule has 1 aliphatic rings. The standard InChI is InChI=1S/C17H16N4O/c1-10-4-3-5-12(6-10)13-7-15-14(16(22)8-13)9-21-17(19-15)18-11(2)20-21/h3-6,9,13H,7-8H2,1-2H3/t13-/m1/s1. The largest absolute Gasteiger partial charge is 0.294 e. The van der Waals surface area contributed by atoms with Gasteiger partial charge in [0, 0.05) is 12.6 Å². The van der Waals surface area contributed by atoms with E-state index in [-0.39, 0.29) is 11.7 Å². The Kier molecular flexibility index (Phi) is 2.82. The number of ketones is 1. The van der Waals surface area contributed by atoms with E-state index in [9.17, 15) is 4.79 Å². The zero-order chi connectivity index (χ0) is 15.3. The van der Waals surface area contributed by atoms with Crippen LogP contribution in [0.3, 0.4) is 0 Å². The number of hydrogen-bond donors (Lipinski definition) is 0. The maximum absolute atomic E-state index is 12.5. The lowest BCUT2D eigenvalue weighted by molar-refractivity contribution is 0.0962. The maximum Gasteiger partial charge on any atom is 0.252 e. The highest BCUT2D eigenvalue weighted by atomic mass is 16.1. The Bertz CT molecular complexity index is 897. The summed E-state index contributed by atoms with van der Waals surface area (Å²) >= 11 is 0. The molecule has 2 aromatic heterocycles. The van der Waals surface area contributed by atoms with Crippen molar-refractivity contribution in [3.8, 4) is 0 Å². The molecule has 5 nitrogen and oxygen atoms in total. The SMILES string of the molecule is Cc1cccc([C@H]2CC(=O)c3cn4nc(C)nc4nc3C2)c1. The summed E-state index contributed by atoms with van der Waals surface area (Å²) in [5.41, 5.74) is 3.94. The molecule has 0 saturated carbocycles. The summed E-state index contributed by atoms with van der Waals surface area (Å²) < 4.78 is 1.60. The van der Waals surface area contributed by atoms with Gasteiger partial charge in [-0.2, -0.15) is 10.1 Å². The van der Waals surface area contributed by atoms with E-state index in [2.05, 4.69) is 40.2 Å². The fraction of sp³-hybridized carbons (Fsp3) is 0.294. The second-order valence-corrected chi connectivity index (χ2v) is 5.95. The molecule has 1 aliphatic carbocycles. The molecule has 1 aromatic carbocycles. The van der Waals surface area contributed by atoms with Crippen molar-refractivity contribution in [2.24, 2.45) is 0 Å². The highest BCUT2D eigenvalue weighted by molar-refractivity contribution is 5.98. The minimum absolute atomic E-state index is 0.135. The number of nitrogens with zero attached hydrogens (tertiary/aromatic N) is 4. The van der Waals surface area contributed by atoms with Gasteiger partial charge in [-0.3, -0.25) is 4.79 Å². The predicted molar refractivity (Wildman–Crippen MR) is 82.1 cm³/mol. The summed E-state index contributed by atoms with van der Waals surface area (Å²) in [5, 5.41) is 4.24. The van der Waals surface area contributed by atoms with E-state index in [1.165, 1.54) is 11.1 Å². The zero-order valence-corrected chi connectivity index (χ0v) is 12.6. The van der Waals surface area contributed by atoms with Gasteiger partial charge in [-0.25, -0.2) is 9.50 Å². The van der Waals surface area contributed by atoms with Crippen LogP contribution in [0.15, 0.2) is 30.5 Å². The van der Waals surface area contributed by atoms with Crippen LogP contribution < -0.4 is 0 Å². The molecule has 4 rings (SSSR count). The van der Waals surface area contributed by atoms with Gasteiger partial charge in [0.15, 0.2) is 5.78 Å². The molecule has 3 aromatic rings. The van der Waals surface area contributed by atoms with E-state index < -0.39 is 0 Å². The molecule has 0 unspecified atom stereocenters. The quantitative estimate of drug-likeness (QED) is 0.692. The molecule has 1 atom stereocenters. The Morgan fingerprint density at radius 2 is 2.05 bits per heavy atom. The van der Waals surface area contributed by atoms with E-state index in [4.69, 9.17) is 0 Å². The van der Waals surface area contributed by atoms with Gasteiger partial charge in [0.25, 0.3) is 5.78 Å². The zero-order valence-electron chi connectivity index (χ0n) is 12.6. The van der Waals surface area contributed by atoms with Crippen LogP contribution in [0.25, 0.3) is 5.78 Å². The molecule has 5 heteroatoms. The van der Waals surface area contributed by atoms with Crippen LogP contribution in [0.5, 0.6) is 0 Å². The van der Waals surface area contributed by atoms with Crippen molar-refractivity contribution in [3.63, 3.8) is 0 Å². The Hall–Kier alpha value is -2.56. The van der Waals surface area contributed by atoms with E-state index in [1.807, 2.05) is 13.0 Å². The second kappa shape index (κ2) is 4.73. The Labute approximate surface area is 128 Å². The van der Waals surface area contributed by atoms with Crippen LogP contribution in [0.4, 0.5) is 0 Å². The molecular formula is C17H16N4O. The molecular weight excluding hydrogens is 276 g/mol. The van der Waals surface area contributed by atoms with Crippen molar-refractivity contribution >= 4 is 11.6 Å². The van der Waals surface area contributed by atoms with Crippen LogP contribution in [-0.4, -0.2) is 25.4 Å². The number of hydrogen-bond acceptors (Lipinski definition) is 4. The smallest absolute Gasteiger partial charge is 0.252 e. The minimum Gasteiger partial charge on any atom is -0.294 e. The number of aromatic nitrogens is 4. The maximum atomic E-state index is 12.5. The second-order valence-electron chi connectivity index (χ2n) is 5.95. The summed E-state index contributed by atoms with van der Waals surface area (Å²) in [7, 11) is 0. The van der Waals surface area contributed by atoms with E-state index in [1.54, 1.807) is 10.7 Å². The van der Waals surface area contributed by atoms with Gasteiger partial charge in [0.05, 0.1) is 11.3 Å². The number of carbonyl (C=O) groups is 1. The average Bonchev–Trinajstić information content (AvgIpc) is 2.84. The van der Waals surface area contributed by atoms with Crippen LogP contribution in [0, 0.1) is 13.8 Å². The third-order valence-corrected chi connectivity index (χ3v) is 4.20. The van der Waals surface area contributed by atoms with Gasteiger partial charge < -0.3 is 0 Å². The van der Waals surface area contributed by atoms with Gasteiger partial charge in [0.2, 0.25) is 0 Å². The fourth-order valence-corrected chi connectivity index (χ4v) is 3.15. The molecule has 0 amide bonds. The average molecular weight is 292 g/mol. The van der Waals surface area contributed by atoms with Crippen molar-refractivity contribution in [1.29, 1.82) is 0 Å². The van der Waals surface area contributed by atoms with Gasteiger partial charge in [0.1, 0.15) is 5.82 Å². The molecule has 22 heavy (non-hydrogen) atoms. The molecule has 110 valence electrons. The molecule has 0 bridgehead atoms. The topological polar surface area (TPSA) is 60.2 Å². The molecule has 0 saturated heterocycles. The van der Waals surface area contributed by atoms with Crippen molar-refractivity contribution in [3.05, 3.63) is 58.7 Å². The van der Waals surface area contributed by atoms with Gasteiger partial charge in [-0.15, -0.1) is 0 Å². The molecule has 0 fully saturated rings. The molecule has 2 heterocycles. The number of aryl methyl sites for hydroxylation is 2. The third kappa shape index (κ3) is 2.09. The highest BCUT2D eigenvalue weighted by Crippen LogP contribution is 2.32. The summed E-state index contributed by atoms with van der Waals surface area (Å²) in [6.45, 7) is 3.90. The summed E-state index contributed by atoms with van der Waals surface area (Å²) in [6, 6.07) is 8.37. The number of rotatable bonds is 1. The molecule has 0 radical (unpaired) electrons. The first kappa shape index (κ1) is 13.1.